The van der Waals surface area contributed by atoms with E-state index in [0.717, 1.165) is 35.0 Å². The number of nitrogens with zero attached hydrogens (tertiary/aromatic N) is 1. The summed E-state index contributed by atoms with van der Waals surface area (Å²) in [6.07, 6.45) is -0.0302. The van der Waals surface area contributed by atoms with Crippen molar-refractivity contribution in [3.8, 4) is 22.6 Å². The predicted octanol–water partition coefficient (Wildman–Crippen LogP) is 5.56. The first-order chi connectivity index (χ1) is 20.2. The number of halogens is 2. The molecule has 1 heterocycles. The Morgan fingerprint density at radius 2 is 1.62 bits per heavy atom. The first-order valence-electron chi connectivity index (χ1n) is 13.3. The van der Waals surface area contributed by atoms with Crippen molar-refractivity contribution < 1.29 is 37.3 Å². The Morgan fingerprint density at radius 1 is 0.952 bits per heavy atom. The topological polar surface area (TPSA) is 96.0 Å². The van der Waals surface area contributed by atoms with Gasteiger partial charge in [-0.2, -0.15) is 0 Å². The van der Waals surface area contributed by atoms with Crippen LogP contribution in [0, 0.1) is 18.6 Å². The first kappa shape index (κ1) is 30.4. The van der Waals surface area contributed by atoms with Crippen LogP contribution in [-0.2, 0) is 27.3 Å². The highest BCUT2D eigenvalue weighted by Crippen LogP contribution is 2.43. The molecule has 0 unspecified atom stereocenters. The molecule has 0 bridgehead atoms. The van der Waals surface area contributed by atoms with E-state index >= 15 is 0 Å². The number of carbonyl (C=O) groups excluding carboxylic acids is 2. The van der Waals surface area contributed by atoms with Crippen LogP contribution >= 0.6 is 0 Å². The van der Waals surface area contributed by atoms with E-state index in [0.29, 0.717) is 46.7 Å². The van der Waals surface area contributed by atoms with Crippen molar-refractivity contribution in [2.24, 2.45) is 0 Å². The van der Waals surface area contributed by atoms with Crippen molar-refractivity contribution in [2.45, 2.75) is 32.9 Å². The van der Waals surface area contributed by atoms with Crippen molar-refractivity contribution in [1.29, 1.82) is 0 Å². The van der Waals surface area contributed by atoms with Crippen LogP contribution in [-0.4, -0.2) is 50.8 Å². The van der Waals surface area contributed by atoms with E-state index < -0.39 is 35.1 Å². The monoisotopic (exact) mass is 578 g/mol. The molecule has 1 atom stereocenters. The van der Waals surface area contributed by atoms with Gasteiger partial charge in [0.15, 0.2) is 0 Å². The van der Waals surface area contributed by atoms with E-state index in [-0.39, 0.29) is 6.42 Å². The van der Waals surface area contributed by atoms with Crippen LogP contribution in [0.5, 0.6) is 11.5 Å². The highest BCUT2D eigenvalue weighted by Gasteiger charge is 2.27. The molecule has 0 saturated carbocycles. The van der Waals surface area contributed by atoms with Crippen LogP contribution in [0.2, 0.25) is 0 Å². The molecule has 0 aliphatic rings. The zero-order valence-electron chi connectivity index (χ0n) is 24.0. The smallest absolute Gasteiger partial charge is 0.328 e. The number of aryl methyl sites for hydroxylation is 1. The normalized spacial score (nSPS) is 11.7. The molecule has 3 aromatic carbocycles. The van der Waals surface area contributed by atoms with Gasteiger partial charge in [-0.05, 0) is 55.3 Å². The molecule has 8 nitrogen and oxygen atoms in total. The van der Waals surface area contributed by atoms with Gasteiger partial charge in [0.1, 0.15) is 34.7 Å². The van der Waals surface area contributed by atoms with E-state index in [1.165, 1.54) is 7.11 Å². The minimum atomic E-state index is -1.24. The number of aromatic nitrogens is 1. The Bertz CT molecular complexity index is 1580. The van der Waals surface area contributed by atoms with Gasteiger partial charge in [-0.3, -0.25) is 9.78 Å². The molecule has 0 aliphatic carbocycles. The lowest BCUT2D eigenvalue weighted by atomic mass is 9.93. The largest absolute Gasteiger partial charge is 0.496 e. The Balaban J connectivity index is 1.80. The molecule has 0 saturated heterocycles. The van der Waals surface area contributed by atoms with Gasteiger partial charge in [-0.15, -0.1) is 0 Å². The first-order valence-corrected chi connectivity index (χ1v) is 13.3. The summed E-state index contributed by atoms with van der Waals surface area (Å²) in [6.45, 7) is 4.72. The lowest BCUT2D eigenvalue weighted by molar-refractivity contribution is -0.142. The average molecular weight is 579 g/mol. The molecule has 220 valence electrons. The van der Waals surface area contributed by atoms with E-state index in [4.69, 9.17) is 23.9 Å². The van der Waals surface area contributed by atoms with Crippen LogP contribution in [0.15, 0.2) is 54.6 Å². The third-order valence-corrected chi connectivity index (χ3v) is 6.80. The molecular weight excluding hydrogens is 546 g/mol. The van der Waals surface area contributed by atoms with Gasteiger partial charge in [0.05, 0.1) is 39.0 Å². The number of nitrogens with one attached hydrogen (secondary N) is 1. The summed E-state index contributed by atoms with van der Waals surface area (Å²) in [5.41, 5.74) is 3.51. The maximum absolute atomic E-state index is 14.3. The summed E-state index contributed by atoms with van der Waals surface area (Å²) >= 11 is 0. The number of amides is 1. The standard InChI is InChI=1S/C32H32F2N2O6/c1-6-42-17-19-14-26(39-3)28(27(15-19)40-4)22-13-11-20(21-12-10-18(2)35-30(21)22)16-25(32(38)41-5)36-31(37)29-23(33)8-7-9-24(29)34/h7-15,25H,6,16-17H2,1-5H3,(H,36,37)/t25-/m0/s1. The molecule has 4 rings (SSSR count). The fourth-order valence-electron chi connectivity index (χ4n) is 4.79. The summed E-state index contributed by atoms with van der Waals surface area (Å²) in [5, 5.41) is 3.13. The molecule has 1 N–H and O–H groups in total. The second-order valence-corrected chi connectivity index (χ2v) is 9.48. The maximum atomic E-state index is 14.3. The number of fused-ring (bicyclic) bond motifs is 1. The number of carbonyl (C=O) groups is 2. The van der Waals surface area contributed by atoms with Crippen molar-refractivity contribution in [3.05, 3.63) is 88.6 Å². The lowest BCUT2D eigenvalue weighted by Gasteiger charge is -2.20. The van der Waals surface area contributed by atoms with Crippen molar-refractivity contribution >= 4 is 22.8 Å². The SMILES string of the molecule is CCOCc1cc(OC)c(-c2ccc(C[C@H](NC(=O)c3c(F)cccc3F)C(=O)OC)c3ccc(C)nc23)c(OC)c1. The average Bonchev–Trinajstić information content (AvgIpc) is 2.98. The maximum Gasteiger partial charge on any atom is 0.328 e. The Kier molecular flexibility index (Phi) is 9.69. The van der Waals surface area contributed by atoms with Gasteiger partial charge in [-0.25, -0.2) is 13.6 Å². The number of benzene rings is 3. The molecule has 0 radical (unpaired) electrons. The Morgan fingerprint density at radius 3 is 2.21 bits per heavy atom. The van der Waals surface area contributed by atoms with Gasteiger partial charge >= 0.3 is 5.97 Å². The number of ether oxygens (including phenoxy) is 4. The summed E-state index contributed by atoms with van der Waals surface area (Å²) in [6, 6.07) is 12.9. The zero-order chi connectivity index (χ0) is 30.4. The molecule has 1 aromatic heterocycles. The van der Waals surface area contributed by atoms with Crippen LogP contribution in [0.4, 0.5) is 8.78 Å². The van der Waals surface area contributed by atoms with Crippen molar-refractivity contribution in [2.75, 3.05) is 27.9 Å². The second kappa shape index (κ2) is 13.4. The number of esters is 1. The van der Waals surface area contributed by atoms with Crippen molar-refractivity contribution in [3.63, 3.8) is 0 Å². The number of methoxy groups -OCH3 is 3. The summed E-state index contributed by atoms with van der Waals surface area (Å²) in [5.74, 6) is -2.80. The Labute approximate surface area is 242 Å². The molecule has 10 heteroatoms. The fourth-order valence-corrected chi connectivity index (χ4v) is 4.79. The van der Waals surface area contributed by atoms with Gasteiger partial charge in [0, 0.05) is 29.7 Å². The summed E-state index contributed by atoms with van der Waals surface area (Å²) in [7, 11) is 4.31. The van der Waals surface area contributed by atoms with Gasteiger partial charge in [0.2, 0.25) is 0 Å². The molecule has 4 aromatic rings. The third-order valence-electron chi connectivity index (χ3n) is 6.80. The second-order valence-electron chi connectivity index (χ2n) is 9.48. The van der Waals surface area contributed by atoms with Gasteiger partial charge in [-0.1, -0.05) is 24.3 Å². The van der Waals surface area contributed by atoms with Crippen LogP contribution in [0.1, 0.15) is 34.1 Å². The molecule has 0 fully saturated rings. The zero-order valence-corrected chi connectivity index (χ0v) is 24.0. The molecular formula is C32H32F2N2O6. The number of hydrogen-bond acceptors (Lipinski definition) is 7. The highest BCUT2D eigenvalue weighted by molar-refractivity contribution is 6.00. The van der Waals surface area contributed by atoms with Crippen molar-refractivity contribution in [1.82, 2.24) is 10.3 Å². The highest BCUT2D eigenvalue weighted by atomic mass is 19.1. The number of hydrogen-bond donors (Lipinski definition) is 1. The molecule has 42 heavy (non-hydrogen) atoms. The van der Waals surface area contributed by atoms with Gasteiger partial charge < -0.3 is 24.3 Å². The number of rotatable bonds is 11. The van der Waals surface area contributed by atoms with Gasteiger partial charge in [0.25, 0.3) is 5.91 Å². The lowest BCUT2D eigenvalue weighted by Crippen LogP contribution is -2.43. The van der Waals surface area contributed by atoms with E-state index in [2.05, 4.69) is 5.32 Å². The molecule has 0 aliphatic heterocycles. The van der Waals surface area contributed by atoms with E-state index in [9.17, 15) is 18.4 Å². The minimum absolute atomic E-state index is 0.0302. The van der Waals surface area contributed by atoms with Crippen LogP contribution in [0.3, 0.4) is 0 Å². The summed E-state index contributed by atoms with van der Waals surface area (Å²) < 4.78 is 50.5. The van der Waals surface area contributed by atoms with E-state index in [1.54, 1.807) is 20.3 Å². The van der Waals surface area contributed by atoms with Crippen LogP contribution in [0.25, 0.3) is 22.0 Å². The predicted molar refractivity (Wildman–Crippen MR) is 154 cm³/mol. The number of pyridine rings is 1. The fraction of sp³-hybridized carbons (Fsp3) is 0.281. The minimum Gasteiger partial charge on any atom is -0.496 e. The quantitative estimate of drug-likeness (QED) is 0.233. The third kappa shape index (κ3) is 6.33. The Hall–Kier alpha value is -4.57. The van der Waals surface area contributed by atoms with E-state index in [1.807, 2.05) is 44.2 Å². The van der Waals surface area contributed by atoms with Crippen LogP contribution < -0.4 is 14.8 Å². The molecule has 1 amide bonds. The summed E-state index contributed by atoms with van der Waals surface area (Å²) in [4.78, 5) is 30.4. The molecule has 0 spiro atoms.